The highest BCUT2D eigenvalue weighted by Crippen LogP contribution is 2.72. The van der Waals surface area contributed by atoms with Crippen LogP contribution in [-0.2, 0) is 4.79 Å². The number of nitrogens with zero attached hydrogens (tertiary/aromatic N) is 1. The third-order valence-electron chi connectivity index (χ3n) is 2.94. The molecular formula is C7H9NOS2. The van der Waals surface area contributed by atoms with Gasteiger partial charge in [-0.3, -0.25) is 4.79 Å². The van der Waals surface area contributed by atoms with Gasteiger partial charge in [-0.2, -0.15) is 0 Å². The van der Waals surface area contributed by atoms with Crippen molar-refractivity contribution in [2.45, 2.75) is 11.1 Å². The molecule has 1 amide bonds. The quantitative estimate of drug-likeness (QED) is 0.527. The van der Waals surface area contributed by atoms with Crippen molar-refractivity contribution in [3.8, 4) is 0 Å². The molecule has 3 heterocycles. The number of carbonyl (C=O) groups is 1. The number of β-lactam (4-membered cyclic amide) rings is 1. The van der Waals surface area contributed by atoms with Crippen molar-refractivity contribution in [1.82, 2.24) is 4.90 Å². The van der Waals surface area contributed by atoms with Gasteiger partial charge in [0, 0.05) is 18.1 Å². The normalized spacial score (nSPS) is 52.8. The van der Waals surface area contributed by atoms with Crippen LogP contribution in [0.2, 0.25) is 0 Å². The fraction of sp³-hybridized carbons (Fsp3) is 0.857. The molecule has 60 valence electrons. The standard InChI is InChI=1S/C7H9NOS2/c1-6-4-11-7(6)8(5(6)9)2-3-10-7/h2-4H2,1H3/t6-,7-/m0/s1. The molecule has 3 fully saturated rings. The molecule has 0 N–H and O–H groups in total. The Kier molecular flexibility index (Phi) is 0.965. The van der Waals surface area contributed by atoms with Crippen molar-refractivity contribution >= 4 is 29.4 Å². The van der Waals surface area contributed by atoms with Gasteiger partial charge in [0.25, 0.3) is 0 Å². The first-order valence-corrected chi connectivity index (χ1v) is 5.78. The third kappa shape index (κ3) is 0.442. The van der Waals surface area contributed by atoms with Gasteiger partial charge in [0.05, 0.1) is 5.41 Å². The molecule has 0 radical (unpaired) electrons. The number of hydrogen-bond acceptors (Lipinski definition) is 3. The average molecular weight is 187 g/mol. The minimum Gasteiger partial charge on any atom is -0.316 e. The van der Waals surface area contributed by atoms with Crippen LogP contribution in [-0.4, -0.2) is 33.1 Å². The molecule has 0 aromatic heterocycles. The molecule has 0 bridgehead atoms. The fourth-order valence-corrected chi connectivity index (χ4v) is 5.75. The van der Waals surface area contributed by atoms with Crippen LogP contribution in [0.4, 0.5) is 0 Å². The van der Waals surface area contributed by atoms with Crippen LogP contribution in [0.5, 0.6) is 0 Å². The smallest absolute Gasteiger partial charge is 0.235 e. The largest absolute Gasteiger partial charge is 0.316 e. The molecule has 11 heavy (non-hydrogen) atoms. The van der Waals surface area contributed by atoms with Crippen LogP contribution in [0, 0.1) is 5.41 Å². The van der Waals surface area contributed by atoms with Crippen molar-refractivity contribution in [3.05, 3.63) is 0 Å². The van der Waals surface area contributed by atoms with E-state index in [9.17, 15) is 4.79 Å². The maximum absolute atomic E-state index is 11.5. The van der Waals surface area contributed by atoms with Crippen molar-refractivity contribution in [3.63, 3.8) is 0 Å². The van der Waals surface area contributed by atoms with E-state index in [0.29, 0.717) is 5.91 Å². The zero-order valence-corrected chi connectivity index (χ0v) is 7.93. The topological polar surface area (TPSA) is 20.3 Å². The van der Waals surface area contributed by atoms with E-state index in [1.165, 1.54) is 0 Å². The Bertz CT molecular complexity index is 257. The first-order valence-electron chi connectivity index (χ1n) is 3.81. The van der Waals surface area contributed by atoms with Crippen LogP contribution >= 0.6 is 23.5 Å². The number of rotatable bonds is 0. The predicted molar refractivity (Wildman–Crippen MR) is 47.5 cm³/mol. The molecule has 0 aromatic carbocycles. The monoisotopic (exact) mass is 187 g/mol. The van der Waals surface area contributed by atoms with E-state index in [2.05, 4.69) is 6.92 Å². The molecule has 3 rings (SSSR count). The Hall–Kier alpha value is 0.170. The Balaban J connectivity index is 2.06. The predicted octanol–water partition coefficient (Wildman–Crippen LogP) is 0.982. The molecule has 1 spiro atoms. The summed E-state index contributed by atoms with van der Waals surface area (Å²) in [6.07, 6.45) is 0. The highest BCUT2D eigenvalue weighted by Gasteiger charge is 2.77. The second-order valence-corrected chi connectivity index (χ2v) is 6.22. The fourth-order valence-electron chi connectivity index (χ4n) is 2.17. The summed E-state index contributed by atoms with van der Waals surface area (Å²) in [4.78, 5) is 13.6. The second-order valence-electron chi connectivity index (χ2n) is 3.51. The number of carbonyl (C=O) groups excluding carboxylic acids is 1. The van der Waals surface area contributed by atoms with Gasteiger partial charge in [0.2, 0.25) is 5.91 Å². The maximum atomic E-state index is 11.5. The summed E-state index contributed by atoms with van der Waals surface area (Å²) in [6, 6.07) is 0. The molecule has 3 aliphatic heterocycles. The van der Waals surface area contributed by atoms with Gasteiger partial charge in [-0.05, 0) is 6.92 Å². The van der Waals surface area contributed by atoms with Crippen LogP contribution < -0.4 is 0 Å². The van der Waals surface area contributed by atoms with Crippen LogP contribution in [0.3, 0.4) is 0 Å². The molecule has 0 aliphatic carbocycles. The van der Waals surface area contributed by atoms with Crippen molar-refractivity contribution in [1.29, 1.82) is 0 Å². The lowest BCUT2D eigenvalue weighted by molar-refractivity contribution is -0.163. The lowest BCUT2D eigenvalue weighted by atomic mass is 9.80. The van der Waals surface area contributed by atoms with Crippen molar-refractivity contribution in [2.75, 3.05) is 18.1 Å². The third-order valence-corrected chi connectivity index (χ3v) is 6.88. The summed E-state index contributed by atoms with van der Waals surface area (Å²) in [5.41, 5.74) is 0.0127. The highest BCUT2D eigenvalue weighted by molar-refractivity contribution is 8.20. The maximum Gasteiger partial charge on any atom is 0.235 e. The Morgan fingerprint density at radius 2 is 2.36 bits per heavy atom. The van der Waals surface area contributed by atoms with Gasteiger partial charge >= 0.3 is 0 Å². The molecule has 3 saturated heterocycles. The average Bonchev–Trinajstić information content (AvgIpc) is 2.44. The van der Waals surface area contributed by atoms with Crippen LogP contribution in [0.1, 0.15) is 6.92 Å². The summed E-state index contributed by atoms with van der Waals surface area (Å²) < 4.78 is 0.198. The molecular weight excluding hydrogens is 178 g/mol. The van der Waals surface area contributed by atoms with E-state index >= 15 is 0 Å². The number of thioether (sulfide) groups is 2. The minimum atomic E-state index is 0.0127. The van der Waals surface area contributed by atoms with Gasteiger partial charge in [0.1, 0.15) is 0 Å². The van der Waals surface area contributed by atoms with Crippen LogP contribution in [0.25, 0.3) is 0 Å². The lowest BCUT2D eigenvalue weighted by Crippen LogP contribution is -2.78. The SMILES string of the molecule is C[C@@]12CS[C@@]13SCCN3C2=O. The number of amides is 1. The summed E-state index contributed by atoms with van der Waals surface area (Å²) in [5.74, 6) is 2.56. The summed E-state index contributed by atoms with van der Waals surface area (Å²) in [7, 11) is 0. The Morgan fingerprint density at radius 3 is 2.91 bits per heavy atom. The molecule has 0 aromatic rings. The van der Waals surface area contributed by atoms with Crippen molar-refractivity contribution < 1.29 is 4.79 Å². The summed E-state index contributed by atoms with van der Waals surface area (Å²) in [5, 5.41) is 0. The second kappa shape index (κ2) is 1.59. The zero-order valence-electron chi connectivity index (χ0n) is 6.29. The lowest BCUT2D eigenvalue weighted by Gasteiger charge is -2.66. The van der Waals surface area contributed by atoms with Gasteiger partial charge in [0.15, 0.2) is 4.20 Å². The highest BCUT2D eigenvalue weighted by atomic mass is 32.2. The van der Waals surface area contributed by atoms with Crippen LogP contribution in [0.15, 0.2) is 0 Å². The van der Waals surface area contributed by atoms with Gasteiger partial charge in [-0.15, -0.1) is 23.5 Å². The molecule has 4 heteroatoms. The van der Waals surface area contributed by atoms with E-state index < -0.39 is 0 Å². The molecule has 0 unspecified atom stereocenters. The van der Waals surface area contributed by atoms with Gasteiger partial charge < -0.3 is 4.90 Å². The van der Waals surface area contributed by atoms with E-state index in [0.717, 1.165) is 18.1 Å². The van der Waals surface area contributed by atoms with E-state index in [1.807, 2.05) is 28.4 Å². The molecule has 3 aliphatic rings. The van der Waals surface area contributed by atoms with Gasteiger partial charge in [-0.25, -0.2) is 0 Å². The first kappa shape index (κ1) is 6.66. The molecule has 0 saturated carbocycles. The van der Waals surface area contributed by atoms with Crippen molar-refractivity contribution in [2.24, 2.45) is 5.41 Å². The first-order chi connectivity index (χ1) is 5.21. The van der Waals surface area contributed by atoms with E-state index in [-0.39, 0.29) is 9.62 Å². The molecule has 2 nitrogen and oxygen atoms in total. The Morgan fingerprint density at radius 1 is 1.55 bits per heavy atom. The van der Waals surface area contributed by atoms with E-state index in [1.54, 1.807) is 0 Å². The molecule has 2 atom stereocenters. The zero-order chi connectivity index (χ0) is 7.69. The van der Waals surface area contributed by atoms with E-state index in [4.69, 9.17) is 0 Å². The van der Waals surface area contributed by atoms with Gasteiger partial charge in [-0.1, -0.05) is 0 Å². The Labute approximate surface area is 74.1 Å². The summed E-state index contributed by atoms with van der Waals surface area (Å²) >= 11 is 3.90. The minimum absolute atomic E-state index is 0.0127. The summed E-state index contributed by atoms with van der Waals surface area (Å²) in [6.45, 7) is 3.09. The number of hydrogen-bond donors (Lipinski definition) is 0.